The molecule has 1 heterocycles. The van der Waals surface area contributed by atoms with E-state index >= 15 is 0 Å². The van der Waals surface area contributed by atoms with Crippen molar-refractivity contribution in [1.29, 1.82) is 0 Å². The molecule has 0 radical (unpaired) electrons. The molecule has 0 saturated carbocycles. The molecule has 98 valence electrons. The van der Waals surface area contributed by atoms with E-state index in [9.17, 15) is 9.90 Å². The fraction of sp³-hybridized carbons (Fsp3) is 0.286. The van der Waals surface area contributed by atoms with Gasteiger partial charge in [0.1, 0.15) is 5.52 Å². The van der Waals surface area contributed by atoms with Gasteiger partial charge in [0.2, 0.25) is 0 Å². The molecule has 4 nitrogen and oxygen atoms in total. The SMILES string of the molecule is O=C(O)[C@H]1CC=CC[C@H]1c1nc2cccc(Cl)c2o1. The summed E-state index contributed by atoms with van der Waals surface area (Å²) in [6, 6.07) is 5.34. The van der Waals surface area contributed by atoms with Gasteiger partial charge in [0.25, 0.3) is 0 Å². The number of rotatable bonds is 2. The first-order valence-corrected chi connectivity index (χ1v) is 6.47. The molecule has 0 spiro atoms. The van der Waals surface area contributed by atoms with Gasteiger partial charge in [-0.3, -0.25) is 4.79 Å². The van der Waals surface area contributed by atoms with Crippen LogP contribution in [-0.2, 0) is 4.79 Å². The Morgan fingerprint density at radius 1 is 1.37 bits per heavy atom. The second kappa shape index (κ2) is 4.70. The summed E-state index contributed by atoms with van der Waals surface area (Å²) in [5.74, 6) is -1.08. The number of carbonyl (C=O) groups is 1. The number of aliphatic carboxylic acids is 1. The third-order valence-corrected chi connectivity index (χ3v) is 3.75. The van der Waals surface area contributed by atoms with Crippen LogP contribution in [0.4, 0.5) is 0 Å². The minimum Gasteiger partial charge on any atom is -0.481 e. The summed E-state index contributed by atoms with van der Waals surface area (Å²) >= 11 is 6.04. The summed E-state index contributed by atoms with van der Waals surface area (Å²) in [4.78, 5) is 15.7. The van der Waals surface area contributed by atoms with Crippen LogP contribution in [0.2, 0.25) is 5.02 Å². The molecule has 0 fully saturated rings. The number of fused-ring (bicyclic) bond motifs is 1. The molecule has 2 aromatic rings. The monoisotopic (exact) mass is 277 g/mol. The fourth-order valence-electron chi connectivity index (χ4n) is 2.45. The maximum Gasteiger partial charge on any atom is 0.307 e. The van der Waals surface area contributed by atoms with Crippen LogP contribution in [0.25, 0.3) is 11.1 Å². The molecule has 1 N–H and O–H groups in total. The molecular formula is C14H12ClNO3. The number of hydrogen-bond acceptors (Lipinski definition) is 3. The van der Waals surface area contributed by atoms with Crippen molar-refractivity contribution in [1.82, 2.24) is 4.98 Å². The van der Waals surface area contributed by atoms with E-state index in [1.165, 1.54) is 0 Å². The Hall–Kier alpha value is -1.81. The lowest BCUT2D eigenvalue weighted by Crippen LogP contribution is -2.23. The number of benzene rings is 1. The normalized spacial score (nSPS) is 22.8. The molecule has 1 aromatic carbocycles. The van der Waals surface area contributed by atoms with Crippen molar-refractivity contribution in [2.45, 2.75) is 18.8 Å². The smallest absolute Gasteiger partial charge is 0.307 e. The zero-order valence-corrected chi connectivity index (χ0v) is 10.8. The van der Waals surface area contributed by atoms with Crippen LogP contribution in [0.1, 0.15) is 24.7 Å². The van der Waals surface area contributed by atoms with Gasteiger partial charge >= 0.3 is 5.97 Å². The first-order valence-electron chi connectivity index (χ1n) is 6.09. The Kier molecular flexibility index (Phi) is 3.03. The molecule has 0 amide bonds. The lowest BCUT2D eigenvalue weighted by atomic mass is 9.83. The lowest BCUT2D eigenvalue weighted by molar-refractivity contribution is -0.142. The first-order chi connectivity index (χ1) is 9.16. The number of carboxylic acids is 1. The molecule has 19 heavy (non-hydrogen) atoms. The van der Waals surface area contributed by atoms with Gasteiger partial charge in [-0.1, -0.05) is 29.8 Å². The van der Waals surface area contributed by atoms with Crippen LogP contribution in [0.15, 0.2) is 34.8 Å². The molecule has 1 aliphatic rings. The molecule has 3 rings (SSSR count). The second-order valence-corrected chi connectivity index (χ2v) is 5.04. The highest BCUT2D eigenvalue weighted by Crippen LogP contribution is 2.36. The number of para-hydroxylation sites is 1. The van der Waals surface area contributed by atoms with Crippen LogP contribution in [0.3, 0.4) is 0 Å². The number of oxazole rings is 1. The highest BCUT2D eigenvalue weighted by atomic mass is 35.5. The Morgan fingerprint density at radius 3 is 2.89 bits per heavy atom. The van der Waals surface area contributed by atoms with Gasteiger partial charge in [0, 0.05) is 0 Å². The molecule has 5 heteroatoms. The van der Waals surface area contributed by atoms with E-state index < -0.39 is 11.9 Å². The topological polar surface area (TPSA) is 63.3 Å². The van der Waals surface area contributed by atoms with Gasteiger partial charge in [-0.25, -0.2) is 4.98 Å². The van der Waals surface area contributed by atoms with Gasteiger partial charge in [-0.2, -0.15) is 0 Å². The van der Waals surface area contributed by atoms with E-state index in [2.05, 4.69) is 4.98 Å². The Bertz CT molecular complexity index is 662. The Balaban J connectivity index is 2.05. The average Bonchev–Trinajstić information content (AvgIpc) is 2.84. The molecule has 0 bridgehead atoms. The highest BCUT2D eigenvalue weighted by Gasteiger charge is 2.33. The van der Waals surface area contributed by atoms with Gasteiger partial charge in [0.15, 0.2) is 11.5 Å². The number of carboxylic acid groups (broad SMARTS) is 1. The molecule has 0 aliphatic heterocycles. The Morgan fingerprint density at radius 2 is 2.16 bits per heavy atom. The summed E-state index contributed by atoms with van der Waals surface area (Å²) < 4.78 is 5.68. The molecule has 2 atom stereocenters. The summed E-state index contributed by atoms with van der Waals surface area (Å²) in [5.41, 5.74) is 1.19. The number of hydrogen-bond donors (Lipinski definition) is 1. The second-order valence-electron chi connectivity index (χ2n) is 4.63. The highest BCUT2D eigenvalue weighted by molar-refractivity contribution is 6.34. The summed E-state index contributed by atoms with van der Waals surface area (Å²) in [6.07, 6.45) is 5.00. The molecule has 1 aliphatic carbocycles. The van der Waals surface area contributed by atoms with Gasteiger partial charge in [-0.05, 0) is 25.0 Å². The summed E-state index contributed by atoms with van der Waals surface area (Å²) in [7, 11) is 0. The van der Waals surface area contributed by atoms with E-state index in [0.29, 0.717) is 34.9 Å². The summed E-state index contributed by atoms with van der Waals surface area (Å²) in [5, 5.41) is 9.76. The third-order valence-electron chi connectivity index (χ3n) is 3.45. The van der Waals surface area contributed by atoms with Gasteiger partial charge < -0.3 is 9.52 Å². The van der Waals surface area contributed by atoms with E-state index in [0.717, 1.165) is 0 Å². The van der Waals surface area contributed by atoms with Crippen LogP contribution < -0.4 is 0 Å². The van der Waals surface area contributed by atoms with E-state index in [1.807, 2.05) is 18.2 Å². The van der Waals surface area contributed by atoms with Crippen molar-refractivity contribution in [2.24, 2.45) is 5.92 Å². The minimum absolute atomic E-state index is 0.231. The number of aromatic nitrogens is 1. The zero-order chi connectivity index (χ0) is 13.4. The molecule has 0 saturated heterocycles. The lowest BCUT2D eigenvalue weighted by Gasteiger charge is -2.21. The average molecular weight is 278 g/mol. The predicted octanol–water partition coefficient (Wildman–Crippen LogP) is 3.62. The first kappa shape index (κ1) is 12.2. The van der Waals surface area contributed by atoms with Gasteiger partial charge in [-0.15, -0.1) is 0 Å². The van der Waals surface area contributed by atoms with Crippen molar-refractivity contribution < 1.29 is 14.3 Å². The predicted molar refractivity (Wildman–Crippen MR) is 71.3 cm³/mol. The molecule has 0 unspecified atom stereocenters. The van der Waals surface area contributed by atoms with Crippen molar-refractivity contribution in [3.63, 3.8) is 0 Å². The molecular weight excluding hydrogens is 266 g/mol. The van der Waals surface area contributed by atoms with Crippen molar-refractivity contribution in [3.05, 3.63) is 41.3 Å². The van der Waals surface area contributed by atoms with Crippen molar-refractivity contribution >= 4 is 28.7 Å². The minimum atomic E-state index is -0.817. The third kappa shape index (κ3) is 2.12. The van der Waals surface area contributed by atoms with Crippen LogP contribution in [-0.4, -0.2) is 16.1 Å². The van der Waals surface area contributed by atoms with E-state index in [-0.39, 0.29) is 5.92 Å². The van der Waals surface area contributed by atoms with Crippen molar-refractivity contribution in [2.75, 3.05) is 0 Å². The quantitative estimate of drug-likeness (QED) is 0.852. The zero-order valence-electron chi connectivity index (χ0n) is 10.0. The van der Waals surface area contributed by atoms with E-state index in [1.54, 1.807) is 12.1 Å². The number of nitrogens with zero attached hydrogens (tertiary/aromatic N) is 1. The summed E-state index contributed by atoms with van der Waals surface area (Å²) in [6.45, 7) is 0. The standard InChI is InChI=1S/C14H12ClNO3/c15-10-6-3-7-11-12(10)19-13(16-11)8-4-1-2-5-9(8)14(17)18/h1-3,6-9H,4-5H2,(H,17,18)/t8-,9+/m1/s1. The molecule has 1 aromatic heterocycles. The van der Waals surface area contributed by atoms with Crippen LogP contribution in [0.5, 0.6) is 0 Å². The number of allylic oxidation sites excluding steroid dienone is 2. The largest absolute Gasteiger partial charge is 0.481 e. The van der Waals surface area contributed by atoms with Gasteiger partial charge in [0.05, 0.1) is 16.9 Å². The fourth-order valence-corrected chi connectivity index (χ4v) is 2.66. The maximum atomic E-state index is 11.3. The number of halogens is 1. The van der Waals surface area contributed by atoms with Crippen LogP contribution >= 0.6 is 11.6 Å². The Labute approximate surface area is 114 Å². The van der Waals surface area contributed by atoms with Crippen molar-refractivity contribution in [3.8, 4) is 0 Å². The van der Waals surface area contributed by atoms with Crippen LogP contribution in [0, 0.1) is 5.92 Å². The van der Waals surface area contributed by atoms with E-state index in [4.69, 9.17) is 16.0 Å². The maximum absolute atomic E-state index is 11.3.